The van der Waals surface area contributed by atoms with Gasteiger partial charge in [-0.3, -0.25) is 0 Å². The number of halogens is 1. The number of nitrogen functional groups attached to an aromatic ring is 1. The Morgan fingerprint density at radius 1 is 0.826 bits per heavy atom. The Morgan fingerprint density at radius 3 is 2.17 bits per heavy atom. The second kappa shape index (κ2) is 7.07. The van der Waals surface area contributed by atoms with E-state index in [2.05, 4.69) is 17.4 Å². The lowest BCUT2D eigenvalue weighted by Crippen LogP contribution is -2.23. The van der Waals surface area contributed by atoms with Gasteiger partial charge in [0, 0.05) is 12.2 Å². The monoisotopic (exact) mass is 306 g/mol. The Bertz CT molecular complexity index is 754. The summed E-state index contributed by atoms with van der Waals surface area (Å²) in [6, 6.07) is 24.6. The molecule has 0 amide bonds. The van der Waals surface area contributed by atoms with Crippen molar-refractivity contribution in [2.75, 3.05) is 5.73 Å². The number of rotatable bonds is 5. The van der Waals surface area contributed by atoms with Gasteiger partial charge in [-0.1, -0.05) is 60.7 Å². The first kappa shape index (κ1) is 15.3. The molecule has 1 unspecified atom stereocenters. The highest BCUT2D eigenvalue weighted by molar-refractivity contribution is 5.51. The highest BCUT2D eigenvalue weighted by Crippen LogP contribution is 2.27. The fourth-order valence-electron chi connectivity index (χ4n) is 2.65. The van der Waals surface area contributed by atoms with Crippen LogP contribution in [0.5, 0.6) is 0 Å². The molecule has 0 aliphatic carbocycles. The predicted octanol–water partition coefficient (Wildman–Crippen LogP) is 4.29. The molecule has 0 bridgehead atoms. The normalized spacial score (nSPS) is 12.0. The largest absolute Gasteiger partial charge is 0.398 e. The van der Waals surface area contributed by atoms with Crippen LogP contribution in [0.25, 0.3) is 0 Å². The molecule has 0 saturated heterocycles. The third-order valence-electron chi connectivity index (χ3n) is 3.86. The highest BCUT2D eigenvalue weighted by atomic mass is 19.1. The van der Waals surface area contributed by atoms with Gasteiger partial charge in [0.15, 0.2) is 0 Å². The van der Waals surface area contributed by atoms with Crippen LogP contribution in [0.15, 0.2) is 78.9 Å². The maximum atomic E-state index is 13.0. The van der Waals surface area contributed by atoms with Gasteiger partial charge in [-0.25, -0.2) is 4.39 Å². The third kappa shape index (κ3) is 3.76. The van der Waals surface area contributed by atoms with Crippen molar-refractivity contribution >= 4 is 5.69 Å². The molecule has 3 N–H and O–H groups in total. The molecular weight excluding hydrogens is 287 g/mol. The van der Waals surface area contributed by atoms with Gasteiger partial charge in [-0.2, -0.15) is 0 Å². The Kier molecular flexibility index (Phi) is 4.69. The maximum Gasteiger partial charge on any atom is 0.123 e. The van der Waals surface area contributed by atoms with Crippen LogP contribution >= 0.6 is 0 Å². The molecule has 1 atom stereocenters. The SMILES string of the molecule is Nc1ccccc1C(NCc1ccc(F)cc1)c1ccccc1. The summed E-state index contributed by atoms with van der Waals surface area (Å²) in [7, 11) is 0. The van der Waals surface area contributed by atoms with E-state index in [9.17, 15) is 4.39 Å². The number of para-hydroxylation sites is 1. The first-order valence-corrected chi connectivity index (χ1v) is 7.61. The summed E-state index contributed by atoms with van der Waals surface area (Å²) in [4.78, 5) is 0. The molecule has 0 saturated carbocycles. The van der Waals surface area contributed by atoms with E-state index in [1.54, 1.807) is 12.1 Å². The minimum atomic E-state index is -0.222. The van der Waals surface area contributed by atoms with Crippen molar-refractivity contribution in [3.8, 4) is 0 Å². The van der Waals surface area contributed by atoms with E-state index < -0.39 is 0 Å². The summed E-state index contributed by atoms with van der Waals surface area (Å²) in [5.74, 6) is -0.222. The molecule has 0 fully saturated rings. The number of benzene rings is 3. The number of anilines is 1. The molecule has 3 aromatic rings. The van der Waals surface area contributed by atoms with E-state index in [-0.39, 0.29) is 11.9 Å². The van der Waals surface area contributed by atoms with E-state index in [4.69, 9.17) is 5.73 Å². The summed E-state index contributed by atoms with van der Waals surface area (Å²) < 4.78 is 13.0. The molecular formula is C20H19FN2. The van der Waals surface area contributed by atoms with Gasteiger partial charge < -0.3 is 11.1 Å². The zero-order valence-corrected chi connectivity index (χ0v) is 12.7. The van der Waals surface area contributed by atoms with E-state index in [0.717, 1.165) is 22.4 Å². The lowest BCUT2D eigenvalue weighted by atomic mass is 9.97. The van der Waals surface area contributed by atoms with Crippen LogP contribution in [0.3, 0.4) is 0 Å². The van der Waals surface area contributed by atoms with Gasteiger partial charge in [-0.15, -0.1) is 0 Å². The fourth-order valence-corrected chi connectivity index (χ4v) is 2.65. The molecule has 3 rings (SSSR count). The quantitative estimate of drug-likeness (QED) is 0.690. The molecule has 0 heterocycles. The Balaban J connectivity index is 1.87. The van der Waals surface area contributed by atoms with Gasteiger partial charge in [0.1, 0.15) is 5.82 Å². The molecule has 0 aliphatic rings. The molecule has 2 nitrogen and oxygen atoms in total. The lowest BCUT2D eigenvalue weighted by Gasteiger charge is -2.21. The Labute approximate surface area is 135 Å². The Morgan fingerprint density at radius 2 is 1.48 bits per heavy atom. The second-order valence-electron chi connectivity index (χ2n) is 5.48. The van der Waals surface area contributed by atoms with Gasteiger partial charge in [0.25, 0.3) is 0 Å². The smallest absolute Gasteiger partial charge is 0.123 e. The maximum absolute atomic E-state index is 13.0. The van der Waals surface area contributed by atoms with E-state index in [1.807, 2.05) is 42.5 Å². The Hall–Kier alpha value is -2.65. The van der Waals surface area contributed by atoms with Crippen LogP contribution in [0, 0.1) is 5.82 Å². The molecule has 116 valence electrons. The summed E-state index contributed by atoms with van der Waals surface area (Å²) in [6.07, 6.45) is 0. The molecule has 3 aromatic carbocycles. The standard InChI is InChI=1S/C20H19FN2/c21-17-12-10-15(11-13-17)14-23-20(16-6-2-1-3-7-16)18-8-4-5-9-19(18)22/h1-13,20,23H,14,22H2. The number of nitrogens with two attached hydrogens (primary N) is 1. The third-order valence-corrected chi connectivity index (χ3v) is 3.86. The minimum Gasteiger partial charge on any atom is -0.398 e. The number of nitrogens with one attached hydrogen (secondary N) is 1. The molecule has 0 aromatic heterocycles. The van der Waals surface area contributed by atoms with Crippen molar-refractivity contribution in [3.05, 3.63) is 101 Å². The van der Waals surface area contributed by atoms with Crippen molar-refractivity contribution in [1.29, 1.82) is 0 Å². The molecule has 23 heavy (non-hydrogen) atoms. The average Bonchev–Trinajstić information content (AvgIpc) is 2.59. The second-order valence-corrected chi connectivity index (χ2v) is 5.48. The fraction of sp³-hybridized carbons (Fsp3) is 0.100. The summed E-state index contributed by atoms with van der Waals surface area (Å²) in [5.41, 5.74) is 10.1. The highest BCUT2D eigenvalue weighted by Gasteiger charge is 2.15. The van der Waals surface area contributed by atoms with Crippen LogP contribution in [0.4, 0.5) is 10.1 Å². The zero-order chi connectivity index (χ0) is 16.1. The summed E-state index contributed by atoms with van der Waals surface area (Å²) in [5, 5.41) is 3.53. The van der Waals surface area contributed by atoms with Crippen molar-refractivity contribution in [1.82, 2.24) is 5.32 Å². The minimum absolute atomic E-state index is 0.0116. The number of hydrogen-bond donors (Lipinski definition) is 2. The molecule has 0 aliphatic heterocycles. The molecule has 0 spiro atoms. The first-order valence-electron chi connectivity index (χ1n) is 7.61. The predicted molar refractivity (Wildman–Crippen MR) is 92.4 cm³/mol. The topological polar surface area (TPSA) is 38.0 Å². The van der Waals surface area contributed by atoms with Gasteiger partial charge in [0.05, 0.1) is 6.04 Å². The van der Waals surface area contributed by atoms with Crippen molar-refractivity contribution in [2.24, 2.45) is 0 Å². The van der Waals surface area contributed by atoms with Gasteiger partial charge in [-0.05, 0) is 34.9 Å². The lowest BCUT2D eigenvalue weighted by molar-refractivity contribution is 0.601. The average molecular weight is 306 g/mol. The molecule has 3 heteroatoms. The van der Waals surface area contributed by atoms with E-state index >= 15 is 0 Å². The van der Waals surface area contributed by atoms with Crippen LogP contribution < -0.4 is 11.1 Å². The number of hydrogen-bond acceptors (Lipinski definition) is 2. The van der Waals surface area contributed by atoms with E-state index in [1.165, 1.54) is 12.1 Å². The summed E-state index contributed by atoms with van der Waals surface area (Å²) in [6.45, 7) is 0.633. The van der Waals surface area contributed by atoms with Crippen LogP contribution in [-0.4, -0.2) is 0 Å². The van der Waals surface area contributed by atoms with Crippen molar-refractivity contribution in [2.45, 2.75) is 12.6 Å². The van der Waals surface area contributed by atoms with Crippen LogP contribution in [0.2, 0.25) is 0 Å². The summed E-state index contributed by atoms with van der Waals surface area (Å²) >= 11 is 0. The van der Waals surface area contributed by atoms with Crippen LogP contribution in [0.1, 0.15) is 22.7 Å². The molecule has 0 radical (unpaired) electrons. The van der Waals surface area contributed by atoms with E-state index in [0.29, 0.717) is 6.54 Å². The van der Waals surface area contributed by atoms with Gasteiger partial charge >= 0.3 is 0 Å². The van der Waals surface area contributed by atoms with Crippen LogP contribution in [-0.2, 0) is 6.54 Å². The van der Waals surface area contributed by atoms with Crippen molar-refractivity contribution < 1.29 is 4.39 Å². The first-order chi connectivity index (χ1) is 11.2. The zero-order valence-electron chi connectivity index (χ0n) is 12.7. The van der Waals surface area contributed by atoms with Crippen molar-refractivity contribution in [3.63, 3.8) is 0 Å². The van der Waals surface area contributed by atoms with Gasteiger partial charge in [0.2, 0.25) is 0 Å².